The first-order valence-electron chi connectivity index (χ1n) is 11.2. The van der Waals surface area contributed by atoms with E-state index in [1.54, 1.807) is 13.8 Å². The molecule has 7 nitrogen and oxygen atoms in total. The van der Waals surface area contributed by atoms with E-state index in [0.29, 0.717) is 24.0 Å². The summed E-state index contributed by atoms with van der Waals surface area (Å²) in [5, 5.41) is 0. The van der Waals surface area contributed by atoms with Crippen molar-refractivity contribution in [1.82, 2.24) is 14.9 Å². The summed E-state index contributed by atoms with van der Waals surface area (Å²) in [5.41, 5.74) is 1.49. The first-order chi connectivity index (χ1) is 15.5. The molecule has 1 atom stereocenters. The zero-order chi connectivity index (χ0) is 22.9. The fourth-order valence-electron chi connectivity index (χ4n) is 3.90. The molecular formula is C25H32N4O3. The third-order valence-corrected chi connectivity index (χ3v) is 5.76. The van der Waals surface area contributed by atoms with E-state index in [4.69, 9.17) is 4.74 Å². The molecule has 1 saturated heterocycles. The minimum Gasteiger partial charge on any atom is -0.462 e. The lowest BCUT2D eigenvalue weighted by Crippen LogP contribution is -2.43. The van der Waals surface area contributed by atoms with Crippen molar-refractivity contribution in [2.75, 3.05) is 31.1 Å². The molecule has 0 N–H and O–H groups in total. The summed E-state index contributed by atoms with van der Waals surface area (Å²) in [4.78, 5) is 36.8. The van der Waals surface area contributed by atoms with Crippen LogP contribution >= 0.6 is 0 Å². The number of carbonyl (C=O) groups excluding carboxylic acids is 2. The van der Waals surface area contributed by atoms with Crippen LogP contribution in [0.15, 0.2) is 48.8 Å². The van der Waals surface area contributed by atoms with Crippen molar-refractivity contribution in [1.29, 1.82) is 0 Å². The van der Waals surface area contributed by atoms with Gasteiger partial charge in [0.2, 0.25) is 11.9 Å². The van der Waals surface area contributed by atoms with Crippen LogP contribution < -0.4 is 4.90 Å². The molecule has 2 heterocycles. The number of anilines is 1. The highest BCUT2D eigenvalue weighted by Crippen LogP contribution is 2.23. The Morgan fingerprint density at radius 1 is 1.19 bits per heavy atom. The Morgan fingerprint density at radius 3 is 2.44 bits per heavy atom. The molecule has 0 radical (unpaired) electrons. The van der Waals surface area contributed by atoms with Crippen LogP contribution in [0.4, 0.5) is 5.95 Å². The third kappa shape index (κ3) is 6.39. The summed E-state index contributed by atoms with van der Waals surface area (Å²) < 4.78 is 4.98. The van der Waals surface area contributed by atoms with Gasteiger partial charge in [-0.2, -0.15) is 0 Å². The summed E-state index contributed by atoms with van der Waals surface area (Å²) in [5.74, 6) is 0.744. The monoisotopic (exact) mass is 436 g/mol. The van der Waals surface area contributed by atoms with Crippen LogP contribution in [0.3, 0.4) is 0 Å². The fourth-order valence-corrected chi connectivity index (χ4v) is 3.90. The summed E-state index contributed by atoms with van der Waals surface area (Å²) in [6.45, 7) is 8.19. The van der Waals surface area contributed by atoms with E-state index in [-0.39, 0.29) is 11.9 Å². The molecule has 2 aromatic rings. The van der Waals surface area contributed by atoms with E-state index in [2.05, 4.69) is 46.1 Å². The van der Waals surface area contributed by atoms with Gasteiger partial charge in [-0.3, -0.25) is 4.79 Å². The highest BCUT2D eigenvalue weighted by molar-refractivity contribution is 5.88. The van der Waals surface area contributed by atoms with E-state index >= 15 is 0 Å². The summed E-state index contributed by atoms with van der Waals surface area (Å²) in [7, 11) is 0. The predicted molar refractivity (Wildman–Crippen MR) is 125 cm³/mol. The zero-order valence-electron chi connectivity index (χ0n) is 19.1. The van der Waals surface area contributed by atoms with Crippen LogP contribution in [0.1, 0.15) is 49.5 Å². The Hall–Kier alpha value is -3.22. The number of piperidine rings is 1. The first kappa shape index (κ1) is 23.4. The maximum atomic E-state index is 12.3. The number of benzene rings is 1. The quantitative estimate of drug-likeness (QED) is 0.586. The zero-order valence-corrected chi connectivity index (χ0v) is 19.1. The molecule has 32 heavy (non-hydrogen) atoms. The molecule has 1 aromatic heterocycles. The van der Waals surface area contributed by atoms with E-state index < -0.39 is 5.97 Å². The predicted octanol–water partition coefficient (Wildman–Crippen LogP) is 3.82. The number of esters is 1. The molecule has 1 aromatic carbocycles. The number of nitrogens with zero attached hydrogens (tertiary/aromatic N) is 4. The van der Waals surface area contributed by atoms with Gasteiger partial charge in [0.25, 0.3) is 0 Å². The molecule has 1 amide bonds. The van der Waals surface area contributed by atoms with E-state index in [1.807, 2.05) is 23.1 Å². The van der Waals surface area contributed by atoms with Crippen LogP contribution in [0.25, 0.3) is 6.08 Å². The Labute approximate surface area is 190 Å². The normalized spacial score (nSPS) is 15.5. The second-order valence-electron chi connectivity index (χ2n) is 8.10. The van der Waals surface area contributed by atoms with Gasteiger partial charge in [0.1, 0.15) is 0 Å². The highest BCUT2D eigenvalue weighted by atomic mass is 16.5. The van der Waals surface area contributed by atoms with E-state index in [0.717, 1.165) is 38.0 Å². The Kier molecular flexibility index (Phi) is 8.36. The topological polar surface area (TPSA) is 75.6 Å². The van der Waals surface area contributed by atoms with Gasteiger partial charge in [-0.15, -0.1) is 0 Å². The molecule has 0 aliphatic carbocycles. The SMILES string of the molecule is CCOC(=O)c1cnc(N2CCC(CN(C(C)=O)C(C)C=Cc3ccccc3)CC2)nc1. The number of hydrogen-bond donors (Lipinski definition) is 0. The molecule has 170 valence electrons. The van der Waals surface area contributed by atoms with Crippen LogP contribution in [0, 0.1) is 5.92 Å². The highest BCUT2D eigenvalue weighted by Gasteiger charge is 2.25. The molecule has 0 bridgehead atoms. The van der Waals surface area contributed by atoms with Gasteiger partial charge >= 0.3 is 5.97 Å². The Balaban J connectivity index is 1.53. The lowest BCUT2D eigenvalue weighted by atomic mass is 9.95. The lowest BCUT2D eigenvalue weighted by molar-refractivity contribution is -0.130. The maximum absolute atomic E-state index is 12.3. The van der Waals surface area contributed by atoms with Crippen LogP contribution in [0.5, 0.6) is 0 Å². The van der Waals surface area contributed by atoms with Crippen molar-refractivity contribution >= 4 is 23.9 Å². The van der Waals surface area contributed by atoms with Gasteiger partial charge < -0.3 is 14.5 Å². The van der Waals surface area contributed by atoms with Crippen molar-refractivity contribution in [2.45, 2.75) is 39.7 Å². The van der Waals surface area contributed by atoms with E-state index in [9.17, 15) is 9.59 Å². The number of amides is 1. The van der Waals surface area contributed by atoms with Crippen LogP contribution in [-0.4, -0.2) is 59.0 Å². The average Bonchev–Trinajstić information content (AvgIpc) is 2.82. The number of ether oxygens (including phenoxy) is 1. The smallest absolute Gasteiger partial charge is 0.341 e. The molecule has 0 saturated carbocycles. The van der Waals surface area contributed by atoms with Gasteiger partial charge in [-0.25, -0.2) is 14.8 Å². The van der Waals surface area contributed by atoms with Gasteiger partial charge in [0.05, 0.1) is 12.2 Å². The summed E-state index contributed by atoms with van der Waals surface area (Å²) in [6, 6.07) is 10.2. The minimum absolute atomic E-state index is 0.0319. The van der Waals surface area contributed by atoms with Gasteiger partial charge in [0, 0.05) is 45.0 Å². The first-order valence-corrected chi connectivity index (χ1v) is 11.2. The Morgan fingerprint density at radius 2 is 1.84 bits per heavy atom. The van der Waals surface area contributed by atoms with E-state index in [1.165, 1.54) is 12.4 Å². The van der Waals surface area contributed by atoms with Crippen LogP contribution in [0.2, 0.25) is 0 Å². The second-order valence-corrected chi connectivity index (χ2v) is 8.10. The standard InChI is InChI=1S/C25H32N4O3/c1-4-32-24(31)23-16-26-25(27-17-23)28-14-12-22(13-15-28)18-29(20(3)30)19(2)10-11-21-8-6-5-7-9-21/h5-11,16-17,19,22H,4,12-15,18H2,1-3H3. The average molecular weight is 437 g/mol. The van der Waals surface area contributed by atoms with Crippen molar-refractivity contribution in [2.24, 2.45) is 5.92 Å². The molecule has 1 unspecified atom stereocenters. The molecule has 7 heteroatoms. The van der Waals surface area contributed by atoms with Gasteiger partial charge in [-0.1, -0.05) is 42.5 Å². The van der Waals surface area contributed by atoms with Gasteiger partial charge in [-0.05, 0) is 38.2 Å². The van der Waals surface area contributed by atoms with Crippen molar-refractivity contribution in [3.63, 3.8) is 0 Å². The third-order valence-electron chi connectivity index (χ3n) is 5.76. The van der Waals surface area contributed by atoms with Gasteiger partial charge in [0.15, 0.2) is 0 Å². The molecule has 1 fully saturated rings. The van der Waals surface area contributed by atoms with Crippen molar-refractivity contribution in [3.05, 3.63) is 59.9 Å². The number of rotatable bonds is 8. The maximum Gasteiger partial charge on any atom is 0.341 e. The second kappa shape index (κ2) is 11.4. The number of aromatic nitrogens is 2. The largest absolute Gasteiger partial charge is 0.462 e. The molecule has 1 aliphatic rings. The molecule has 0 spiro atoms. The molecular weight excluding hydrogens is 404 g/mol. The summed E-state index contributed by atoms with van der Waals surface area (Å²) >= 11 is 0. The summed E-state index contributed by atoms with van der Waals surface area (Å²) in [6.07, 6.45) is 9.12. The number of hydrogen-bond acceptors (Lipinski definition) is 6. The van der Waals surface area contributed by atoms with Crippen LogP contribution in [-0.2, 0) is 9.53 Å². The minimum atomic E-state index is -0.405. The lowest BCUT2D eigenvalue weighted by Gasteiger charge is -2.36. The van der Waals surface area contributed by atoms with Crippen molar-refractivity contribution in [3.8, 4) is 0 Å². The number of carbonyl (C=O) groups is 2. The molecule has 3 rings (SSSR count). The Bertz CT molecular complexity index is 907. The molecule has 1 aliphatic heterocycles. The fraction of sp³-hybridized carbons (Fsp3) is 0.440. The van der Waals surface area contributed by atoms with Crippen molar-refractivity contribution < 1.29 is 14.3 Å².